The molecule has 0 aromatic rings. The van der Waals surface area contributed by atoms with Crippen LogP contribution in [0, 0.1) is 17.8 Å². The number of halogens is 3. The average molecular weight is 282 g/mol. The molecule has 0 N–H and O–H groups in total. The summed E-state index contributed by atoms with van der Waals surface area (Å²) in [6, 6.07) is 0. The van der Waals surface area contributed by atoms with E-state index in [9.17, 15) is 14.4 Å². The molecule has 1 saturated carbocycles. The maximum absolute atomic E-state index is 11.3. The van der Waals surface area contributed by atoms with Crippen molar-refractivity contribution in [1.29, 1.82) is 0 Å². The van der Waals surface area contributed by atoms with Gasteiger partial charge in [-0.3, -0.25) is 14.4 Å². The summed E-state index contributed by atoms with van der Waals surface area (Å²) in [4.78, 5) is 33.6. The van der Waals surface area contributed by atoms with Gasteiger partial charge in [0.1, 0.15) is 0 Å². The van der Waals surface area contributed by atoms with Gasteiger partial charge in [-0.05, 0) is 53.6 Å². The van der Waals surface area contributed by atoms with Crippen LogP contribution in [0.4, 0.5) is 0 Å². The Balaban J connectivity index is 2.45. The van der Waals surface area contributed by atoms with Gasteiger partial charge < -0.3 is 0 Å². The van der Waals surface area contributed by atoms with Gasteiger partial charge in [0.15, 0.2) is 0 Å². The van der Waals surface area contributed by atoms with Gasteiger partial charge in [0.2, 0.25) is 15.7 Å². The molecule has 86 valence electrons. The SMILES string of the molecule is O=C(Cl)C1=C(C(=O)Cl)C2CC1CC2C(=O)Cl. The van der Waals surface area contributed by atoms with Gasteiger partial charge in [-0.25, -0.2) is 0 Å². The van der Waals surface area contributed by atoms with Crippen molar-refractivity contribution in [2.75, 3.05) is 0 Å². The monoisotopic (exact) mass is 280 g/mol. The molecule has 0 aromatic heterocycles. The topological polar surface area (TPSA) is 51.2 Å². The second-order valence-corrected chi connectivity index (χ2v) is 5.12. The zero-order chi connectivity index (χ0) is 12.0. The van der Waals surface area contributed by atoms with Gasteiger partial charge in [0.25, 0.3) is 0 Å². The molecule has 2 aliphatic carbocycles. The predicted molar refractivity (Wildman–Crippen MR) is 59.3 cm³/mol. The molecule has 0 aromatic carbocycles. The number of rotatable bonds is 3. The van der Waals surface area contributed by atoms with E-state index in [0.29, 0.717) is 12.8 Å². The van der Waals surface area contributed by atoms with Gasteiger partial charge in [-0.2, -0.15) is 0 Å². The van der Waals surface area contributed by atoms with Crippen molar-refractivity contribution in [1.82, 2.24) is 0 Å². The van der Waals surface area contributed by atoms with Crippen LogP contribution >= 0.6 is 34.8 Å². The van der Waals surface area contributed by atoms with Gasteiger partial charge in [-0.15, -0.1) is 0 Å². The Bertz CT molecular complexity index is 427. The number of hydrogen-bond acceptors (Lipinski definition) is 3. The summed E-state index contributed by atoms with van der Waals surface area (Å²) < 4.78 is 0. The molecule has 3 nitrogen and oxygen atoms in total. The fourth-order valence-corrected chi connectivity index (χ4v) is 3.52. The number of carbonyl (C=O) groups excluding carboxylic acids is 3. The highest BCUT2D eigenvalue weighted by molar-refractivity contribution is 6.71. The van der Waals surface area contributed by atoms with Crippen molar-refractivity contribution in [2.24, 2.45) is 17.8 Å². The Morgan fingerprint density at radius 1 is 0.938 bits per heavy atom. The van der Waals surface area contributed by atoms with E-state index in [0.717, 1.165) is 0 Å². The molecular weight excluding hydrogens is 274 g/mol. The van der Waals surface area contributed by atoms with Crippen LogP contribution in [-0.4, -0.2) is 15.7 Å². The Hall–Kier alpha value is -0.380. The lowest BCUT2D eigenvalue weighted by atomic mass is 9.85. The molecule has 0 heterocycles. The normalized spacial score (nSPS) is 32.1. The third-order valence-electron chi connectivity index (χ3n) is 3.35. The van der Waals surface area contributed by atoms with E-state index in [-0.39, 0.29) is 23.0 Å². The standard InChI is InChI=1S/C10H7Cl3O3/c11-8(14)5-2-3-1-4(5)7(10(13)16)6(3)9(12)15/h3-5H,1-2H2. The van der Waals surface area contributed by atoms with E-state index in [1.165, 1.54) is 0 Å². The first-order valence-corrected chi connectivity index (χ1v) is 5.90. The third kappa shape index (κ3) is 1.71. The largest absolute Gasteiger partial charge is 0.281 e. The highest BCUT2D eigenvalue weighted by Crippen LogP contribution is 2.53. The summed E-state index contributed by atoms with van der Waals surface area (Å²) in [5.41, 5.74) is 0.470. The summed E-state index contributed by atoms with van der Waals surface area (Å²) in [5, 5.41) is -1.85. The molecule has 0 aliphatic heterocycles. The number of fused-ring (bicyclic) bond motifs is 2. The van der Waals surface area contributed by atoms with Crippen molar-refractivity contribution in [3.05, 3.63) is 11.1 Å². The molecule has 2 aliphatic rings. The maximum Gasteiger partial charge on any atom is 0.249 e. The first kappa shape index (κ1) is 12.1. The van der Waals surface area contributed by atoms with Gasteiger partial charge in [0, 0.05) is 23.0 Å². The Morgan fingerprint density at radius 2 is 1.50 bits per heavy atom. The summed E-state index contributed by atoms with van der Waals surface area (Å²) in [6.07, 6.45) is 1.04. The smallest absolute Gasteiger partial charge is 0.249 e. The Morgan fingerprint density at radius 3 is 1.94 bits per heavy atom. The summed E-state index contributed by atoms with van der Waals surface area (Å²) >= 11 is 16.3. The molecule has 1 fully saturated rings. The van der Waals surface area contributed by atoms with Crippen molar-refractivity contribution in [3.8, 4) is 0 Å². The minimum Gasteiger partial charge on any atom is -0.281 e. The highest BCUT2D eigenvalue weighted by atomic mass is 35.5. The Kier molecular flexibility index (Phi) is 3.12. The molecular formula is C10H7Cl3O3. The van der Waals surface area contributed by atoms with Crippen molar-refractivity contribution >= 4 is 50.5 Å². The molecule has 6 heteroatoms. The molecule has 0 amide bonds. The minimum atomic E-state index is -0.709. The van der Waals surface area contributed by atoms with Crippen molar-refractivity contribution in [3.63, 3.8) is 0 Å². The molecule has 3 unspecified atom stereocenters. The summed E-state index contributed by atoms with van der Waals surface area (Å²) in [5.74, 6) is -0.901. The fraction of sp³-hybridized carbons (Fsp3) is 0.500. The second-order valence-electron chi connectivity index (χ2n) is 4.06. The van der Waals surface area contributed by atoms with E-state index in [1.807, 2.05) is 0 Å². The van der Waals surface area contributed by atoms with Crippen LogP contribution in [-0.2, 0) is 14.4 Å². The van der Waals surface area contributed by atoms with E-state index < -0.39 is 21.6 Å². The van der Waals surface area contributed by atoms with Gasteiger partial charge in [-0.1, -0.05) is 0 Å². The predicted octanol–water partition coefficient (Wildman–Crippen LogP) is 2.24. The van der Waals surface area contributed by atoms with Crippen LogP contribution in [0.25, 0.3) is 0 Å². The third-order valence-corrected chi connectivity index (χ3v) is 4.03. The van der Waals surface area contributed by atoms with Crippen molar-refractivity contribution in [2.45, 2.75) is 12.8 Å². The second kappa shape index (κ2) is 4.13. The molecule has 0 radical (unpaired) electrons. The minimum absolute atomic E-state index is 0.152. The van der Waals surface area contributed by atoms with Crippen LogP contribution < -0.4 is 0 Å². The average Bonchev–Trinajstić information content (AvgIpc) is 2.72. The zero-order valence-electron chi connectivity index (χ0n) is 8.00. The Labute approximate surface area is 107 Å². The van der Waals surface area contributed by atoms with Crippen LogP contribution in [0.5, 0.6) is 0 Å². The lowest BCUT2D eigenvalue weighted by molar-refractivity contribution is -0.116. The number of allylic oxidation sites excluding steroid dienone is 2. The van der Waals surface area contributed by atoms with Crippen molar-refractivity contribution < 1.29 is 14.4 Å². The first-order valence-electron chi connectivity index (χ1n) is 4.76. The number of hydrogen-bond donors (Lipinski definition) is 0. The maximum atomic E-state index is 11.3. The quantitative estimate of drug-likeness (QED) is 0.746. The van der Waals surface area contributed by atoms with E-state index >= 15 is 0 Å². The van der Waals surface area contributed by atoms with Crippen LogP contribution in [0.15, 0.2) is 11.1 Å². The molecule has 16 heavy (non-hydrogen) atoms. The molecule has 2 bridgehead atoms. The van der Waals surface area contributed by atoms with E-state index in [2.05, 4.69) is 0 Å². The highest BCUT2D eigenvalue weighted by Gasteiger charge is 2.51. The molecule has 2 rings (SSSR count). The van der Waals surface area contributed by atoms with Crippen LogP contribution in [0.1, 0.15) is 12.8 Å². The van der Waals surface area contributed by atoms with E-state index in [4.69, 9.17) is 34.8 Å². The molecule has 0 spiro atoms. The van der Waals surface area contributed by atoms with Gasteiger partial charge >= 0.3 is 0 Å². The summed E-state index contributed by atoms with van der Waals surface area (Å²) in [6.45, 7) is 0. The zero-order valence-corrected chi connectivity index (χ0v) is 10.3. The fourth-order valence-electron chi connectivity index (χ4n) is 2.78. The lowest BCUT2D eigenvalue weighted by Gasteiger charge is -2.20. The molecule has 0 saturated heterocycles. The van der Waals surface area contributed by atoms with Crippen LogP contribution in [0.3, 0.4) is 0 Å². The number of carbonyl (C=O) groups is 3. The van der Waals surface area contributed by atoms with Gasteiger partial charge in [0.05, 0.1) is 0 Å². The lowest BCUT2D eigenvalue weighted by Crippen LogP contribution is -2.23. The summed E-state index contributed by atoms with van der Waals surface area (Å²) in [7, 11) is 0. The van der Waals surface area contributed by atoms with Crippen LogP contribution in [0.2, 0.25) is 0 Å². The van der Waals surface area contributed by atoms with E-state index in [1.54, 1.807) is 0 Å². The molecule has 3 atom stereocenters. The first-order chi connectivity index (χ1) is 7.43.